The molecule has 1 aliphatic carbocycles. The van der Waals surface area contributed by atoms with Crippen LogP contribution in [0.15, 0.2) is 41.4 Å². The molecule has 174 valence electrons. The number of fused-ring (bicyclic) bond motifs is 1. The van der Waals surface area contributed by atoms with E-state index in [1.807, 2.05) is 12.1 Å². The van der Waals surface area contributed by atoms with Gasteiger partial charge in [0.1, 0.15) is 4.90 Å². The molecule has 1 unspecified atom stereocenters. The Labute approximate surface area is 191 Å². The lowest BCUT2D eigenvalue weighted by Crippen LogP contribution is -2.48. The number of rotatable bonds is 4. The van der Waals surface area contributed by atoms with Crippen molar-refractivity contribution in [1.29, 1.82) is 0 Å². The molecule has 1 amide bonds. The van der Waals surface area contributed by atoms with Gasteiger partial charge < -0.3 is 5.32 Å². The quantitative estimate of drug-likeness (QED) is 0.740. The SMILES string of the molecule is CC(C)(C)C1CCC(NC(=O)C2CCCN(S(=O)(=O)c3cccc4cccnc34)C2)CC1. The lowest BCUT2D eigenvalue weighted by molar-refractivity contribution is -0.127. The van der Waals surface area contributed by atoms with Crippen molar-refractivity contribution in [3.05, 3.63) is 36.5 Å². The highest BCUT2D eigenvalue weighted by molar-refractivity contribution is 7.89. The second-order valence-electron chi connectivity index (χ2n) is 10.5. The molecule has 0 spiro atoms. The predicted octanol–water partition coefficient (Wildman–Crippen LogP) is 4.36. The van der Waals surface area contributed by atoms with E-state index in [1.54, 1.807) is 24.4 Å². The van der Waals surface area contributed by atoms with Gasteiger partial charge in [0, 0.05) is 30.7 Å². The molecular formula is C25H35N3O3S. The first-order valence-electron chi connectivity index (χ1n) is 11.8. The zero-order valence-electron chi connectivity index (χ0n) is 19.4. The number of hydrogen-bond donors (Lipinski definition) is 1. The number of sulfonamides is 1. The average molecular weight is 458 g/mol. The Kier molecular flexibility index (Phi) is 6.59. The van der Waals surface area contributed by atoms with Crippen LogP contribution in [0.25, 0.3) is 10.9 Å². The predicted molar refractivity (Wildman–Crippen MR) is 127 cm³/mol. The van der Waals surface area contributed by atoms with Crippen molar-refractivity contribution in [3.63, 3.8) is 0 Å². The van der Waals surface area contributed by atoms with Gasteiger partial charge in [-0.15, -0.1) is 0 Å². The number of hydrogen-bond acceptors (Lipinski definition) is 4. The van der Waals surface area contributed by atoms with Crippen LogP contribution in [-0.2, 0) is 14.8 Å². The molecule has 1 aliphatic heterocycles. The summed E-state index contributed by atoms with van der Waals surface area (Å²) in [5, 5.41) is 4.03. The van der Waals surface area contributed by atoms with Gasteiger partial charge in [0.2, 0.25) is 15.9 Å². The minimum Gasteiger partial charge on any atom is -0.353 e. The second kappa shape index (κ2) is 9.10. The summed E-state index contributed by atoms with van der Waals surface area (Å²) in [5.41, 5.74) is 0.793. The molecule has 2 aliphatic rings. The summed E-state index contributed by atoms with van der Waals surface area (Å²) in [4.78, 5) is 17.6. The molecule has 1 aromatic carbocycles. The fourth-order valence-corrected chi connectivity index (χ4v) is 6.91. The third kappa shape index (κ3) is 4.84. The Balaban J connectivity index is 1.42. The summed E-state index contributed by atoms with van der Waals surface area (Å²) in [5.74, 6) is 0.391. The third-order valence-electron chi connectivity index (χ3n) is 7.27. The number of nitrogens with one attached hydrogen (secondary N) is 1. The molecule has 0 bridgehead atoms. The number of benzene rings is 1. The summed E-state index contributed by atoms with van der Waals surface area (Å²) in [7, 11) is -3.72. The molecule has 1 N–H and O–H groups in total. The fourth-order valence-electron chi connectivity index (χ4n) is 5.22. The van der Waals surface area contributed by atoms with E-state index in [4.69, 9.17) is 0 Å². The van der Waals surface area contributed by atoms with Crippen LogP contribution in [0.5, 0.6) is 0 Å². The number of aromatic nitrogens is 1. The summed E-state index contributed by atoms with van der Waals surface area (Å²) < 4.78 is 28.4. The molecule has 1 atom stereocenters. The van der Waals surface area contributed by atoms with Gasteiger partial charge in [-0.3, -0.25) is 9.78 Å². The Morgan fingerprint density at radius 2 is 1.78 bits per heavy atom. The average Bonchev–Trinajstić information content (AvgIpc) is 2.78. The Bertz CT molecular complexity index is 1060. The first-order valence-corrected chi connectivity index (χ1v) is 13.2. The van der Waals surface area contributed by atoms with E-state index in [0.717, 1.165) is 37.5 Å². The van der Waals surface area contributed by atoms with Gasteiger partial charge in [0.15, 0.2) is 0 Å². The van der Waals surface area contributed by atoms with Crippen LogP contribution in [0.4, 0.5) is 0 Å². The van der Waals surface area contributed by atoms with E-state index in [0.29, 0.717) is 29.8 Å². The molecule has 1 aromatic heterocycles. The van der Waals surface area contributed by atoms with Crippen LogP contribution in [0, 0.1) is 17.3 Å². The van der Waals surface area contributed by atoms with Crippen molar-refractivity contribution in [2.24, 2.45) is 17.3 Å². The zero-order valence-corrected chi connectivity index (χ0v) is 20.2. The highest BCUT2D eigenvalue weighted by Crippen LogP contribution is 2.38. The topological polar surface area (TPSA) is 79.4 Å². The smallest absolute Gasteiger partial charge is 0.245 e. The molecule has 2 fully saturated rings. The molecule has 0 radical (unpaired) electrons. The van der Waals surface area contributed by atoms with Crippen LogP contribution < -0.4 is 5.32 Å². The summed E-state index contributed by atoms with van der Waals surface area (Å²) >= 11 is 0. The van der Waals surface area contributed by atoms with Crippen molar-refractivity contribution in [2.75, 3.05) is 13.1 Å². The van der Waals surface area contributed by atoms with Crippen molar-refractivity contribution < 1.29 is 13.2 Å². The van der Waals surface area contributed by atoms with Gasteiger partial charge in [-0.1, -0.05) is 39.0 Å². The Morgan fingerprint density at radius 3 is 2.50 bits per heavy atom. The number of carbonyl (C=O) groups is 1. The standard InChI is InChI=1S/C25H35N3O3S/c1-25(2,3)20-11-13-21(14-12-20)27-24(29)19-9-6-16-28(17-19)32(30,31)22-10-4-7-18-8-5-15-26-23(18)22/h4-5,7-8,10,15,19-21H,6,9,11-14,16-17H2,1-3H3,(H,27,29). The number of amides is 1. The Morgan fingerprint density at radius 1 is 1.06 bits per heavy atom. The van der Waals surface area contributed by atoms with Gasteiger partial charge in [0.05, 0.1) is 11.4 Å². The van der Waals surface area contributed by atoms with E-state index in [1.165, 1.54) is 4.31 Å². The molecule has 4 rings (SSSR count). The van der Waals surface area contributed by atoms with Crippen molar-refractivity contribution in [3.8, 4) is 0 Å². The molecule has 2 aromatic rings. The van der Waals surface area contributed by atoms with Gasteiger partial charge in [0.25, 0.3) is 0 Å². The van der Waals surface area contributed by atoms with E-state index < -0.39 is 10.0 Å². The van der Waals surface area contributed by atoms with Crippen molar-refractivity contribution in [2.45, 2.75) is 70.2 Å². The number of nitrogens with zero attached hydrogens (tertiary/aromatic N) is 2. The maximum absolute atomic E-state index is 13.4. The van der Waals surface area contributed by atoms with E-state index >= 15 is 0 Å². The lowest BCUT2D eigenvalue weighted by atomic mass is 9.71. The van der Waals surface area contributed by atoms with Crippen LogP contribution in [0.1, 0.15) is 59.3 Å². The monoisotopic (exact) mass is 457 g/mol. The molecule has 1 saturated heterocycles. The van der Waals surface area contributed by atoms with Gasteiger partial charge in [-0.05, 0) is 62.0 Å². The van der Waals surface area contributed by atoms with Crippen molar-refractivity contribution in [1.82, 2.24) is 14.6 Å². The first-order chi connectivity index (χ1) is 15.2. The second-order valence-corrected chi connectivity index (χ2v) is 12.4. The van der Waals surface area contributed by atoms with Crippen molar-refractivity contribution >= 4 is 26.8 Å². The molecule has 32 heavy (non-hydrogen) atoms. The van der Waals surface area contributed by atoms with Crippen LogP contribution >= 0.6 is 0 Å². The van der Waals surface area contributed by atoms with E-state index in [9.17, 15) is 13.2 Å². The largest absolute Gasteiger partial charge is 0.353 e. The van der Waals surface area contributed by atoms with Crippen LogP contribution in [-0.4, -0.2) is 42.7 Å². The molecule has 7 heteroatoms. The minimum atomic E-state index is -3.72. The summed E-state index contributed by atoms with van der Waals surface area (Å²) in [6.45, 7) is 7.54. The van der Waals surface area contributed by atoms with Gasteiger partial charge >= 0.3 is 0 Å². The lowest BCUT2D eigenvalue weighted by Gasteiger charge is -2.38. The fraction of sp³-hybridized carbons (Fsp3) is 0.600. The number of pyridine rings is 1. The molecule has 2 heterocycles. The van der Waals surface area contributed by atoms with Crippen LogP contribution in [0.2, 0.25) is 0 Å². The maximum atomic E-state index is 13.4. The third-order valence-corrected chi connectivity index (χ3v) is 9.16. The highest BCUT2D eigenvalue weighted by atomic mass is 32.2. The summed E-state index contributed by atoms with van der Waals surface area (Å²) in [6.07, 6.45) is 7.30. The minimum absolute atomic E-state index is 0.000142. The molecular weight excluding hydrogens is 422 g/mol. The summed E-state index contributed by atoms with van der Waals surface area (Å²) in [6, 6.07) is 9.09. The normalized spacial score (nSPS) is 25.5. The molecule has 1 saturated carbocycles. The Hall–Kier alpha value is -1.99. The highest BCUT2D eigenvalue weighted by Gasteiger charge is 2.36. The maximum Gasteiger partial charge on any atom is 0.245 e. The van der Waals surface area contributed by atoms with E-state index in [2.05, 4.69) is 31.1 Å². The van der Waals surface area contributed by atoms with E-state index in [-0.39, 0.29) is 29.3 Å². The number of para-hydroxylation sites is 1. The molecule has 6 nitrogen and oxygen atoms in total. The first kappa shape index (κ1) is 23.2. The van der Waals surface area contributed by atoms with Crippen LogP contribution in [0.3, 0.4) is 0 Å². The number of carbonyl (C=O) groups excluding carboxylic acids is 1. The van der Waals surface area contributed by atoms with Gasteiger partial charge in [-0.2, -0.15) is 4.31 Å². The van der Waals surface area contributed by atoms with Gasteiger partial charge in [-0.25, -0.2) is 8.42 Å². The number of piperidine rings is 1. The zero-order chi connectivity index (χ0) is 22.9.